The molecule has 0 aromatic heterocycles. The van der Waals surface area contributed by atoms with Crippen molar-refractivity contribution in [2.75, 3.05) is 20.3 Å². The van der Waals surface area contributed by atoms with E-state index >= 15 is 0 Å². The molecule has 0 N–H and O–H groups in total. The van der Waals surface area contributed by atoms with Gasteiger partial charge in [-0.05, 0) is 37.6 Å². The zero-order valence-electron chi connectivity index (χ0n) is 13.5. The molecule has 0 saturated carbocycles. The van der Waals surface area contributed by atoms with Crippen molar-refractivity contribution in [3.63, 3.8) is 0 Å². The quantitative estimate of drug-likeness (QED) is 0.568. The van der Waals surface area contributed by atoms with Gasteiger partial charge in [-0.25, -0.2) is 0 Å². The number of carbonyl (C=O) groups is 2. The van der Waals surface area contributed by atoms with Gasteiger partial charge >= 0.3 is 5.97 Å². The summed E-state index contributed by atoms with van der Waals surface area (Å²) in [5.41, 5.74) is 0.810. The predicted molar refractivity (Wildman–Crippen MR) is 85.4 cm³/mol. The second-order valence-electron chi connectivity index (χ2n) is 4.99. The fourth-order valence-corrected chi connectivity index (χ4v) is 1.77. The summed E-state index contributed by atoms with van der Waals surface area (Å²) in [7, 11) is 1.29. The molecule has 0 unspecified atom stereocenters. The average molecular weight is 316 g/mol. The van der Waals surface area contributed by atoms with Crippen LogP contribution in [0.3, 0.4) is 0 Å². The molecule has 6 nitrogen and oxygen atoms in total. The fourth-order valence-electron chi connectivity index (χ4n) is 1.77. The minimum Gasteiger partial charge on any atom is -0.479 e. The van der Waals surface area contributed by atoms with Crippen molar-refractivity contribution in [3.05, 3.63) is 35.9 Å². The number of ether oxygens (including phenoxy) is 2. The molecule has 0 aliphatic carbocycles. The summed E-state index contributed by atoms with van der Waals surface area (Å²) in [5.74, 6) is -0.140. The molecule has 1 amide bonds. The molecule has 0 aliphatic rings. The molecule has 0 heterocycles. The fraction of sp³-hybridized carbons (Fsp3) is 0.353. The molecule has 0 bridgehead atoms. The van der Waals surface area contributed by atoms with Gasteiger partial charge in [0.05, 0.1) is 7.11 Å². The van der Waals surface area contributed by atoms with Crippen molar-refractivity contribution in [1.29, 1.82) is 5.26 Å². The van der Waals surface area contributed by atoms with Crippen molar-refractivity contribution in [3.8, 4) is 11.8 Å². The lowest BCUT2D eigenvalue weighted by atomic mass is 10.2. The third-order valence-corrected chi connectivity index (χ3v) is 3.04. The molecule has 0 atom stereocenters. The predicted octanol–water partition coefficient (Wildman–Crippen LogP) is 2.01. The van der Waals surface area contributed by atoms with Crippen LogP contribution in [-0.2, 0) is 14.3 Å². The first kappa shape index (κ1) is 18.2. The second-order valence-corrected chi connectivity index (χ2v) is 4.99. The third-order valence-electron chi connectivity index (χ3n) is 3.04. The molecule has 0 radical (unpaired) electrons. The molecule has 1 aromatic rings. The second kappa shape index (κ2) is 9.26. The minimum atomic E-state index is -0.459. The van der Waals surface area contributed by atoms with E-state index in [0.29, 0.717) is 5.75 Å². The monoisotopic (exact) mass is 316 g/mol. The number of amides is 1. The molecule has 23 heavy (non-hydrogen) atoms. The Labute approximate surface area is 135 Å². The Kier molecular flexibility index (Phi) is 7.34. The van der Waals surface area contributed by atoms with Gasteiger partial charge in [0.2, 0.25) is 5.91 Å². The van der Waals surface area contributed by atoms with E-state index in [-0.39, 0.29) is 25.1 Å². The van der Waals surface area contributed by atoms with Gasteiger partial charge in [-0.1, -0.05) is 12.1 Å². The summed E-state index contributed by atoms with van der Waals surface area (Å²) in [6, 6.07) is 8.76. The zero-order valence-corrected chi connectivity index (χ0v) is 13.5. The van der Waals surface area contributed by atoms with Crippen LogP contribution in [0.15, 0.2) is 30.3 Å². The van der Waals surface area contributed by atoms with Crippen molar-refractivity contribution in [2.45, 2.75) is 19.9 Å². The van der Waals surface area contributed by atoms with E-state index in [1.807, 2.05) is 19.9 Å². The van der Waals surface area contributed by atoms with Crippen LogP contribution in [0.1, 0.15) is 19.4 Å². The first-order valence-corrected chi connectivity index (χ1v) is 7.13. The van der Waals surface area contributed by atoms with E-state index in [2.05, 4.69) is 4.74 Å². The van der Waals surface area contributed by atoms with Crippen LogP contribution in [0.4, 0.5) is 0 Å². The van der Waals surface area contributed by atoms with E-state index < -0.39 is 5.97 Å². The Balaban J connectivity index is 2.72. The van der Waals surface area contributed by atoms with E-state index in [1.54, 1.807) is 30.3 Å². The van der Waals surface area contributed by atoms with Crippen LogP contribution in [0, 0.1) is 11.3 Å². The lowest BCUT2D eigenvalue weighted by Crippen LogP contribution is -2.40. The molecule has 122 valence electrons. The zero-order chi connectivity index (χ0) is 17.2. The van der Waals surface area contributed by atoms with Gasteiger partial charge in [-0.2, -0.15) is 5.26 Å². The number of esters is 1. The van der Waals surface area contributed by atoms with Gasteiger partial charge in [0, 0.05) is 12.1 Å². The normalized spacial score (nSPS) is 10.4. The number of benzene rings is 1. The lowest BCUT2D eigenvalue weighted by molar-refractivity contribution is -0.146. The molecule has 1 aromatic carbocycles. The summed E-state index contributed by atoms with van der Waals surface area (Å²) >= 11 is 0. The van der Waals surface area contributed by atoms with E-state index in [4.69, 9.17) is 10.00 Å². The Morgan fingerprint density at radius 1 is 1.30 bits per heavy atom. The van der Waals surface area contributed by atoms with Gasteiger partial charge < -0.3 is 14.4 Å². The topological polar surface area (TPSA) is 79.6 Å². The summed E-state index contributed by atoms with van der Waals surface area (Å²) in [6.45, 7) is 3.56. The highest BCUT2D eigenvalue weighted by atomic mass is 16.5. The van der Waals surface area contributed by atoms with Crippen molar-refractivity contribution in [1.82, 2.24) is 4.90 Å². The number of carbonyl (C=O) groups excluding carboxylic acids is 2. The Hall–Kier alpha value is -2.81. The molecular weight excluding hydrogens is 296 g/mol. The molecule has 0 saturated heterocycles. The summed E-state index contributed by atoms with van der Waals surface area (Å²) in [5, 5.41) is 8.44. The summed E-state index contributed by atoms with van der Waals surface area (Å²) in [4.78, 5) is 25.0. The standard InChI is InChI=1S/C17H20N2O4/c1-13(2)19(12-17(21)22-3)16(20)9-6-14-4-7-15(8-5-14)23-11-10-18/h4-9,13H,11-12H2,1-3H3/b9-6+. The Bertz CT molecular complexity index is 600. The molecule has 1 rings (SSSR count). The number of nitriles is 1. The number of nitrogens with zero attached hydrogens (tertiary/aromatic N) is 2. The molecular formula is C17H20N2O4. The highest BCUT2D eigenvalue weighted by Crippen LogP contribution is 2.13. The van der Waals surface area contributed by atoms with Crippen molar-refractivity contribution in [2.24, 2.45) is 0 Å². The van der Waals surface area contributed by atoms with Gasteiger partial charge in [0.15, 0.2) is 6.61 Å². The van der Waals surface area contributed by atoms with Crippen molar-refractivity contribution < 1.29 is 19.1 Å². The first-order chi connectivity index (χ1) is 11.0. The van der Waals surface area contributed by atoms with Crippen LogP contribution in [-0.4, -0.2) is 43.1 Å². The smallest absolute Gasteiger partial charge is 0.325 e. The van der Waals surface area contributed by atoms with Crippen LogP contribution >= 0.6 is 0 Å². The highest BCUT2D eigenvalue weighted by molar-refractivity contribution is 5.93. The van der Waals surface area contributed by atoms with Crippen molar-refractivity contribution >= 4 is 18.0 Å². The van der Waals surface area contributed by atoms with E-state index in [0.717, 1.165) is 5.56 Å². The number of methoxy groups -OCH3 is 1. The van der Waals surface area contributed by atoms with Gasteiger partial charge in [-0.15, -0.1) is 0 Å². The van der Waals surface area contributed by atoms with Gasteiger partial charge in [-0.3, -0.25) is 9.59 Å². The maximum atomic E-state index is 12.2. The Morgan fingerprint density at radius 3 is 2.48 bits per heavy atom. The van der Waals surface area contributed by atoms with Crippen LogP contribution in [0.2, 0.25) is 0 Å². The average Bonchev–Trinajstić information content (AvgIpc) is 2.55. The largest absolute Gasteiger partial charge is 0.479 e. The molecule has 0 spiro atoms. The Morgan fingerprint density at radius 2 is 1.96 bits per heavy atom. The summed E-state index contributed by atoms with van der Waals surface area (Å²) < 4.78 is 9.75. The number of hydrogen-bond donors (Lipinski definition) is 0. The first-order valence-electron chi connectivity index (χ1n) is 7.13. The van der Waals surface area contributed by atoms with E-state index in [1.165, 1.54) is 18.1 Å². The van der Waals surface area contributed by atoms with Crippen LogP contribution in [0.25, 0.3) is 6.08 Å². The van der Waals surface area contributed by atoms with E-state index in [9.17, 15) is 9.59 Å². The number of hydrogen-bond acceptors (Lipinski definition) is 5. The molecule has 6 heteroatoms. The SMILES string of the molecule is COC(=O)CN(C(=O)/C=C/c1ccc(OCC#N)cc1)C(C)C. The molecule has 0 aliphatic heterocycles. The highest BCUT2D eigenvalue weighted by Gasteiger charge is 2.18. The van der Waals surface area contributed by atoms with Gasteiger partial charge in [0.25, 0.3) is 0 Å². The number of rotatable bonds is 7. The molecule has 0 fully saturated rings. The lowest BCUT2D eigenvalue weighted by Gasteiger charge is -2.24. The maximum Gasteiger partial charge on any atom is 0.325 e. The maximum absolute atomic E-state index is 12.2. The van der Waals surface area contributed by atoms with Crippen LogP contribution in [0.5, 0.6) is 5.75 Å². The van der Waals surface area contributed by atoms with Gasteiger partial charge in [0.1, 0.15) is 18.4 Å². The minimum absolute atomic E-state index is 0.00938. The summed E-state index contributed by atoms with van der Waals surface area (Å²) in [6.07, 6.45) is 3.07. The van der Waals surface area contributed by atoms with Crippen LogP contribution < -0.4 is 4.74 Å². The third kappa shape index (κ3) is 6.22.